The summed E-state index contributed by atoms with van der Waals surface area (Å²) in [4.78, 5) is 11.8. The lowest BCUT2D eigenvalue weighted by molar-refractivity contribution is -0.124. The highest BCUT2D eigenvalue weighted by molar-refractivity contribution is 9.10. The molecule has 0 bridgehead atoms. The molecule has 2 rings (SSSR count). The van der Waals surface area contributed by atoms with Crippen molar-refractivity contribution in [1.29, 1.82) is 0 Å². The molecule has 1 aliphatic carbocycles. The number of hydrogen-bond acceptors (Lipinski definition) is 3. The first-order valence-electron chi connectivity index (χ1n) is 6.57. The van der Waals surface area contributed by atoms with Crippen LogP contribution in [-0.4, -0.2) is 25.1 Å². The highest BCUT2D eigenvalue weighted by Crippen LogP contribution is 2.24. The molecule has 20 heavy (non-hydrogen) atoms. The summed E-state index contributed by atoms with van der Waals surface area (Å²) >= 11 is 3.35. The van der Waals surface area contributed by atoms with Crippen molar-refractivity contribution in [2.45, 2.75) is 25.3 Å². The van der Waals surface area contributed by atoms with Crippen molar-refractivity contribution < 1.29 is 9.53 Å². The number of benzene rings is 1. The normalized spacial score (nSPS) is 21.1. The summed E-state index contributed by atoms with van der Waals surface area (Å²) in [6.07, 6.45) is 3.27. The Hall–Kier alpha value is -0.780. The molecule has 0 aliphatic heterocycles. The molecule has 4 nitrogen and oxygen atoms in total. The van der Waals surface area contributed by atoms with Crippen molar-refractivity contribution in [2.75, 3.05) is 13.2 Å². The van der Waals surface area contributed by atoms with E-state index in [0.717, 1.165) is 23.7 Å². The van der Waals surface area contributed by atoms with Crippen LogP contribution in [0, 0.1) is 5.92 Å². The Bertz CT molecular complexity index is 428. The van der Waals surface area contributed by atoms with Crippen LogP contribution in [0.3, 0.4) is 0 Å². The molecular weight excluding hydrogens is 344 g/mol. The van der Waals surface area contributed by atoms with Gasteiger partial charge in [0.15, 0.2) is 6.61 Å². The molecule has 1 aliphatic rings. The van der Waals surface area contributed by atoms with Gasteiger partial charge in [0.05, 0.1) is 0 Å². The molecule has 1 saturated carbocycles. The summed E-state index contributed by atoms with van der Waals surface area (Å²) in [7, 11) is 0. The van der Waals surface area contributed by atoms with Gasteiger partial charge in [-0.05, 0) is 49.6 Å². The van der Waals surface area contributed by atoms with E-state index in [-0.39, 0.29) is 31.0 Å². The van der Waals surface area contributed by atoms with Gasteiger partial charge in [-0.15, -0.1) is 12.4 Å². The third kappa shape index (κ3) is 4.96. The predicted molar refractivity (Wildman–Crippen MR) is 85.2 cm³/mol. The lowest BCUT2D eigenvalue weighted by Crippen LogP contribution is -2.42. The van der Waals surface area contributed by atoms with Crippen LogP contribution in [0.15, 0.2) is 28.7 Å². The van der Waals surface area contributed by atoms with Gasteiger partial charge in [0, 0.05) is 10.5 Å². The van der Waals surface area contributed by atoms with Gasteiger partial charge in [-0.1, -0.05) is 22.4 Å². The fourth-order valence-corrected chi connectivity index (χ4v) is 2.70. The van der Waals surface area contributed by atoms with E-state index in [2.05, 4.69) is 21.2 Å². The summed E-state index contributed by atoms with van der Waals surface area (Å²) in [6.45, 7) is 0.688. The van der Waals surface area contributed by atoms with E-state index in [9.17, 15) is 4.79 Å². The molecule has 2 atom stereocenters. The first-order valence-corrected chi connectivity index (χ1v) is 7.36. The van der Waals surface area contributed by atoms with Gasteiger partial charge >= 0.3 is 0 Å². The van der Waals surface area contributed by atoms with Crippen molar-refractivity contribution in [3.63, 3.8) is 0 Å². The minimum atomic E-state index is -0.0757. The first kappa shape index (κ1) is 17.3. The number of hydrogen-bond donors (Lipinski definition) is 2. The smallest absolute Gasteiger partial charge is 0.258 e. The first-order chi connectivity index (χ1) is 9.19. The number of halogens is 2. The van der Waals surface area contributed by atoms with Crippen LogP contribution in [0.25, 0.3) is 0 Å². The topological polar surface area (TPSA) is 64.3 Å². The van der Waals surface area contributed by atoms with Crippen molar-refractivity contribution >= 4 is 34.2 Å². The second-order valence-corrected chi connectivity index (χ2v) is 5.76. The van der Waals surface area contributed by atoms with Crippen LogP contribution in [-0.2, 0) is 4.79 Å². The second kappa shape index (κ2) is 8.49. The molecule has 3 N–H and O–H groups in total. The maximum atomic E-state index is 11.8. The van der Waals surface area contributed by atoms with Gasteiger partial charge < -0.3 is 15.8 Å². The van der Waals surface area contributed by atoms with E-state index >= 15 is 0 Å². The molecule has 0 saturated heterocycles. The molecule has 112 valence electrons. The summed E-state index contributed by atoms with van der Waals surface area (Å²) in [5.74, 6) is 1.03. The number of amides is 1. The van der Waals surface area contributed by atoms with E-state index in [1.165, 1.54) is 0 Å². The van der Waals surface area contributed by atoms with E-state index in [0.29, 0.717) is 18.2 Å². The molecule has 1 aromatic carbocycles. The maximum absolute atomic E-state index is 11.8. The number of ether oxygens (including phenoxy) is 1. The van der Waals surface area contributed by atoms with Crippen LogP contribution in [0.4, 0.5) is 0 Å². The summed E-state index contributed by atoms with van der Waals surface area (Å²) in [5.41, 5.74) is 5.69. The molecule has 1 fully saturated rings. The van der Waals surface area contributed by atoms with E-state index in [4.69, 9.17) is 10.5 Å². The Morgan fingerprint density at radius 3 is 2.70 bits per heavy atom. The average molecular weight is 364 g/mol. The van der Waals surface area contributed by atoms with Crippen LogP contribution in [0.5, 0.6) is 5.75 Å². The summed E-state index contributed by atoms with van der Waals surface area (Å²) in [5, 5.41) is 3.01. The van der Waals surface area contributed by atoms with Gasteiger partial charge in [-0.3, -0.25) is 4.79 Å². The highest BCUT2D eigenvalue weighted by atomic mass is 79.9. The molecular formula is C14H20BrClN2O2. The number of carbonyl (C=O) groups is 1. The van der Waals surface area contributed by atoms with E-state index in [1.807, 2.05) is 24.3 Å². The number of rotatable bonds is 5. The number of nitrogens with one attached hydrogen (secondary N) is 1. The Kier molecular flexibility index (Phi) is 7.34. The van der Waals surface area contributed by atoms with Crippen LogP contribution >= 0.6 is 28.3 Å². The number of nitrogens with two attached hydrogens (primary N) is 1. The molecule has 0 heterocycles. The molecule has 0 aromatic heterocycles. The number of carbonyl (C=O) groups excluding carboxylic acids is 1. The maximum Gasteiger partial charge on any atom is 0.258 e. The standard InChI is InChI=1S/C14H19BrN2O2.ClH/c15-11-4-6-12(7-5-11)19-9-14(18)17-13-3-1-2-10(13)8-16;/h4-7,10,13H,1-3,8-9,16H2,(H,17,18);1H. The van der Waals surface area contributed by atoms with Crippen LogP contribution in [0.1, 0.15) is 19.3 Å². The Balaban J connectivity index is 0.00000200. The molecule has 0 spiro atoms. The van der Waals surface area contributed by atoms with Gasteiger partial charge in [0.1, 0.15) is 5.75 Å². The van der Waals surface area contributed by atoms with E-state index < -0.39 is 0 Å². The Morgan fingerprint density at radius 2 is 2.05 bits per heavy atom. The molecule has 2 unspecified atom stereocenters. The minimum absolute atomic E-state index is 0. The van der Waals surface area contributed by atoms with Crippen molar-refractivity contribution in [2.24, 2.45) is 11.7 Å². The summed E-state index contributed by atoms with van der Waals surface area (Å²) in [6, 6.07) is 7.64. The quantitative estimate of drug-likeness (QED) is 0.845. The highest BCUT2D eigenvalue weighted by Gasteiger charge is 2.27. The zero-order valence-electron chi connectivity index (χ0n) is 11.2. The lowest BCUT2D eigenvalue weighted by Gasteiger charge is -2.19. The van der Waals surface area contributed by atoms with Gasteiger partial charge in [-0.25, -0.2) is 0 Å². The van der Waals surface area contributed by atoms with E-state index in [1.54, 1.807) is 0 Å². The predicted octanol–water partition coefficient (Wildman–Crippen LogP) is 2.49. The van der Waals surface area contributed by atoms with Gasteiger partial charge in [0.2, 0.25) is 0 Å². The zero-order chi connectivity index (χ0) is 13.7. The largest absolute Gasteiger partial charge is 0.484 e. The van der Waals surface area contributed by atoms with Crippen LogP contribution < -0.4 is 15.8 Å². The molecule has 1 aromatic rings. The van der Waals surface area contributed by atoms with Crippen molar-refractivity contribution in [1.82, 2.24) is 5.32 Å². The van der Waals surface area contributed by atoms with Gasteiger partial charge in [0.25, 0.3) is 5.91 Å². The van der Waals surface area contributed by atoms with Crippen molar-refractivity contribution in [3.05, 3.63) is 28.7 Å². The van der Waals surface area contributed by atoms with Gasteiger partial charge in [-0.2, -0.15) is 0 Å². The fraction of sp³-hybridized carbons (Fsp3) is 0.500. The summed E-state index contributed by atoms with van der Waals surface area (Å²) < 4.78 is 6.42. The van der Waals surface area contributed by atoms with Crippen LogP contribution in [0.2, 0.25) is 0 Å². The third-order valence-electron chi connectivity index (χ3n) is 3.49. The fourth-order valence-electron chi connectivity index (χ4n) is 2.44. The monoisotopic (exact) mass is 362 g/mol. The zero-order valence-corrected chi connectivity index (χ0v) is 13.6. The Morgan fingerprint density at radius 1 is 1.35 bits per heavy atom. The molecule has 0 radical (unpaired) electrons. The second-order valence-electron chi connectivity index (χ2n) is 4.84. The minimum Gasteiger partial charge on any atom is -0.484 e. The lowest BCUT2D eigenvalue weighted by atomic mass is 10.0. The Labute approximate surface area is 134 Å². The molecule has 1 amide bonds. The average Bonchev–Trinajstić information content (AvgIpc) is 2.85. The molecule has 6 heteroatoms. The SMILES string of the molecule is Cl.NCC1CCCC1NC(=O)COc1ccc(Br)cc1. The third-order valence-corrected chi connectivity index (χ3v) is 4.02. The van der Waals surface area contributed by atoms with Crippen molar-refractivity contribution in [3.8, 4) is 5.75 Å².